The van der Waals surface area contributed by atoms with E-state index in [1.54, 1.807) is 12.2 Å². The Morgan fingerprint density at radius 3 is 2.04 bits per heavy atom. The summed E-state index contributed by atoms with van der Waals surface area (Å²) in [6, 6.07) is 16.3. The molecule has 5 rings (SSSR count). The van der Waals surface area contributed by atoms with E-state index in [1.165, 1.54) is 0 Å². The average Bonchev–Trinajstić information content (AvgIpc) is 3.36. The van der Waals surface area contributed by atoms with Gasteiger partial charge in [0, 0.05) is 71.5 Å². The van der Waals surface area contributed by atoms with Crippen molar-refractivity contribution in [3.63, 3.8) is 0 Å². The number of carbonyl (C=O) groups excluding carboxylic acids is 1. The number of anilines is 1. The van der Waals surface area contributed by atoms with Crippen molar-refractivity contribution >= 4 is 34.8 Å². The normalized spacial score (nSPS) is 19.1. The maximum absolute atomic E-state index is 13.7. The van der Waals surface area contributed by atoms with Gasteiger partial charge in [0.05, 0.1) is 5.41 Å². The van der Waals surface area contributed by atoms with E-state index in [1.807, 2.05) is 24.3 Å². The number of hydrogen-bond acceptors (Lipinski definition) is 5. The second kappa shape index (κ2) is 14.1. The van der Waals surface area contributed by atoms with Gasteiger partial charge >= 0.3 is 11.9 Å². The Labute approximate surface area is 278 Å². The molecule has 1 aliphatic carbocycles. The number of para-hydroxylation sites is 2. The van der Waals surface area contributed by atoms with Crippen LogP contribution in [0.5, 0.6) is 0 Å². The number of carboxylic acids is 2. The predicted molar refractivity (Wildman–Crippen MR) is 183 cm³/mol. The molecule has 0 saturated heterocycles. The van der Waals surface area contributed by atoms with Crippen LogP contribution in [0.4, 0.5) is 11.4 Å². The second-order valence-electron chi connectivity index (χ2n) is 13.5. The lowest BCUT2D eigenvalue weighted by Gasteiger charge is -2.33. The zero-order chi connectivity index (χ0) is 33.2. The smallest absolute Gasteiger partial charge is 0.303 e. The fourth-order valence-corrected chi connectivity index (χ4v) is 7.10. The summed E-state index contributed by atoms with van der Waals surface area (Å²) in [5.41, 5.74) is 5.67. The van der Waals surface area contributed by atoms with Crippen molar-refractivity contribution in [2.45, 2.75) is 97.3 Å². The monoisotopic (exact) mass is 640 g/mol. The topological polar surface area (TPSA) is 121 Å². The fraction of sp³-hybridized carbons (Fsp3) is 0.436. The molecular weight excluding hydrogens is 592 g/mol. The van der Waals surface area contributed by atoms with Crippen LogP contribution in [-0.2, 0) is 25.2 Å². The first-order valence-corrected chi connectivity index (χ1v) is 16.3. The van der Waals surface area contributed by atoms with Gasteiger partial charge in [-0.25, -0.2) is 0 Å². The van der Waals surface area contributed by atoms with Crippen molar-refractivity contribution in [1.29, 1.82) is 0 Å². The molecule has 0 unspecified atom stereocenters. The molecule has 2 N–H and O–H groups in total. The van der Waals surface area contributed by atoms with Gasteiger partial charge in [-0.15, -0.1) is 0 Å². The highest BCUT2D eigenvalue weighted by Crippen LogP contribution is 2.49. The summed E-state index contributed by atoms with van der Waals surface area (Å²) in [6.45, 7) is 9.75. The minimum absolute atomic E-state index is 0. The number of allylic oxidation sites excluding steroid dienone is 5. The first-order chi connectivity index (χ1) is 21.9. The minimum Gasteiger partial charge on any atom is -0.871 e. The molecule has 3 aliphatic rings. The number of fused-ring (bicyclic) bond motifs is 2. The number of hydrogen-bond donors (Lipinski definition) is 2. The van der Waals surface area contributed by atoms with Crippen LogP contribution in [0.25, 0.3) is 0 Å². The van der Waals surface area contributed by atoms with Gasteiger partial charge in [-0.05, 0) is 57.2 Å². The Hall–Kier alpha value is -4.46. The van der Waals surface area contributed by atoms with Crippen LogP contribution in [0, 0.1) is 0 Å². The number of aliphatic carboxylic acids is 2. The van der Waals surface area contributed by atoms with E-state index in [2.05, 4.69) is 61.4 Å². The molecule has 2 aromatic carbocycles. The Morgan fingerprint density at radius 2 is 1.40 bits per heavy atom. The largest absolute Gasteiger partial charge is 0.871 e. The van der Waals surface area contributed by atoms with Gasteiger partial charge in [-0.1, -0.05) is 69.9 Å². The molecule has 47 heavy (non-hydrogen) atoms. The standard InChI is InChI=1S/C38H44N2O6.CH4/c1-37(2)27-15-9-11-17-29(27)39(21-13-5-7-19-33(41)42)31(37)23-25-35(45)26(36(25)46)24-32-38(3,4)28-16-10-12-18-30(28)40(32)22-14-6-8-20-34(43)44;/h9-12,15-18,23-24H,5-8,13-14,19-22H2,1-4H3,(H2-,41,42,43,44,45,46);1H4. The molecule has 0 saturated carbocycles. The van der Waals surface area contributed by atoms with Gasteiger partial charge in [-0.2, -0.15) is 4.58 Å². The van der Waals surface area contributed by atoms with E-state index in [-0.39, 0.29) is 43.0 Å². The van der Waals surface area contributed by atoms with Gasteiger partial charge in [0.2, 0.25) is 5.69 Å². The zero-order valence-electron chi connectivity index (χ0n) is 27.3. The number of unbranched alkanes of at least 4 members (excludes halogenated alkanes) is 4. The van der Waals surface area contributed by atoms with Gasteiger partial charge in [-0.3, -0.25) is 14.4 Å². The summed E-state index contributed by atoms with van der Waals surface area (Å²) in [6.07, 6.45) is 8.17. The number of nitrogens with zero attached hydrogens (tertiary/aromatic N) is 2. The van der Waals surface area contributed by atoms with Gasteiger partial charge < -0.3 is 20.2 Å². The summed E-state index contributed by atoms with van der Waals surface area (Å²) in [5.74, 6) is -2.10. The molecule has 0 aromatic heterocycles. The van der Waals surface area contributed by atoms with E-state index in [0.717, 1.165) is 59.6 Å². The fourth-order valence-electron chi connectivity index (χ4n) is 7.10. The van der Waals surface area contributed by atoms with Crippen LogP contribution in [0.3, 0.4) is 0 Å². The number of ketones is 1. The summed E-state index contributed by atoms with van der Waals surface area (Å²) < 4.78 is 2.18. The van der Waals surface area contributed by atoms with Crippen molar-refractivity contribution in [3.05, 3.63) is 94.4 Å². The lowest BCUT2D eigenvalue weighted by molar-refractivity contribution is -0.438. The summed E-state index contributed by atoms with van der Waals surface area (Å²) in [7, 11) is 0. The third kappa shape index (κ3) is 6.83. The molecule has 0 amide bonds. The lowest BCUT2D eigenvalue weighted by Crippen LogP contribution is -2.35. The highest BCUT2D eigenvalue weighted by molar-refractivity contribution is 6.24. The van der Waals surface area contributed by atoms with E-state index in [0.29, 0.717) is 25.9 Å². The molecule has 0 fully saturated rings. The van der Waals surface area contributed by atoms with Gasteiger partial charge in [0.15, 0.2) is 11.5 Å². The number of carboxylic acid groups (broad SMARTS) is 2. The molecule has 2 aliphatic heterocycles. The van der Waals surface area contributed by atoms with Crippen LogP contribution in [0.2, 0.25) is 0 Å². The lowest BCUT2D eigenvalue weighted by atomic mass is 9.77. The van der Waals surface area contributed by atoms with Crippen LogP contribution in [-0.4, -0.2) is 51.3 Å². The number of rotatable bonds is 14. The van der Waals surface area contributed by atoms with Gasteiger partial charge in [0.25, 0.3) is 0 Å². The minimum atomic E-state index is -0.794. The van der Waals surface area contributed by atoms with E-state index in [9.17, 15) is 19.5 Å². The van der Waals surface area contributed by atoms with Crippen molar-refractivity contribution in [2.24, 2.45) is 0 Å². The van der Waals surface area contributed by atoms with E-state index >= 15 is 0 Å². The van der Waals surface area contributed by atoms with Crippen molar-refractivity contribution in [3.8, 4) is 0 Å². The average molecular weight is 641 g/mol. The molecule has 8 nitrogen and oxygen atoms in total. The maximum atomic E-state index is 13.7. The van der Waals surface area contributed by atoms with Crippen LogP contribution >= 0.6 is 0 Å². The third-order valence-electron chi connectivity index (χ3n) is 9.68. The molecule has 2 aromatic rings. The molecule has 8 heteroatoms. The molecule has 0 atom stereocenters. The summed E-state index contributed by atoms with van der Waals surface area (Å²) in [4.78, 5) is 37.8. The second-order valence-corrected chi connectivity index (χ2v) is 13.5. The molecule has 2 heterocycles. The highest BCUT2D eigenvalue weighted by atomic mass is 16.4. The van der Waals surface area contributed by atoms with Crippen molar-refractivity contribution in [2.75, 3.05) is 18.0 Å². The van der Waals surface area contributed by atoms with Crippen LogP contribution in [0.1, 0.15) is 97.6 Å². The first kappa shape index (κ1) is 35.4. The Balaban J connectivity index is 0.00000500. The predicted octanol–water partition coefficient (Wildman–Crippen LogP) is 6.79. The molecule has 250 valence electrons. The van der Waals surface area contributed by atoms with Crippen LogP contribution in [0.15, 0.2) is 83.3 Å². The molecule has 0 radical (unpaired) electrons. The first-order valence-electron chi connectivity index (χ1n) is 16.3. The number of Topliss-reactive ketones (excluding diaryl/α,β-unsaturated/α-hetero) is 1. The third-order valence-corrected chi connectivity index (χ3v) is 9.68. The molecule has 0 bridgehead atoms. The summed E-state index contributed by atoms with van der Waals surface area (Å²) in [5, 5.41) is 31.7. The van der Waals surface area contributed by atoms with Crippen molar-refractivity contribution in [1.82, 2.24) is 0 Å². The number of benzene rings is 2. The Kier molecular flexibility index (Phi) is 10.6. The SMILES string of the molecule is C.CC1(C)C(C=C2C(=O)C(/C=C3/N(CCCCCC(=O)O)c4ccccc4C3(C)C)=C2[O-])=[N+](CCCCCC(=O)O)c2ccccc21. The maximum Gasteiger partial charge on any atom is 0.303 e. The van der Waals surface area contributed by atoms with Crippen molar-refractivity contribution < 1.29 is 34.3 Å². The zero-order valence-corrected chi connectivity index (χ0v) is 27.3. The highest BCUT2D eigenvalue weighted by Gasteiger charge is 2.46. The van der Waals surface area contributed by atoms with Gasteiger partial charge in [0.1, 0.15) is 6.54 Å². The Bertz CT molecular complexity index is 1690. The number of carbonyl (C=O) groups is 3. The molecular formula is C39H48N2O6. The van der Waals surface area contributed by atoms with Crippen LogP contribution < -0.4 is 10.0 Å². The van der Waals surface area contributed by atoms with E-state index < -0.39 is 22.8 Å². The Morgan fingerprint density at radius 1 is 0.809 bits per heavy atom. The van der Waals surface area contributed by atoms with E-state index in [4.69, 9.17) is 10.2 Å². The summed E-state index contributed by atoms with van der Waals surface area (Å²) >= 11 is 0. The quantitative estimate of drug-likeness (QED) is 0.132. The molecule has 0 spiro atoms.